The SMILES string of the molecule is Cc1nnnn1-c1cc(NC(=O)c2ccccc2C(=O)c2cccs2)ccc1F. The van der Waals surface area contributed by atoms with E-state index in [9.17, 15) is 14.0 Å². The number of aryl methyl sites for hydroxylation is 1. The molecule has 2 aromatic carbocycles. The molecule has 0 fully saturated rings. The highest BCUT2D eigenvalue weighted by atomic mass is 32.1. The highest BCUT2D eigenvalue weighted by Gasteiger charge is 2.19. The molecular weight excluding hydrogens is 393 g/mol. The summed E-state index contributed by atoms with van der Waals surface area (Å²) in [5, 5.41) is 15.5. The fourth-order valence-electron chi connectivity index (χ4n) is 2.83. The number of nitrogens with one attached hydrogen (secondary N) is 1. The van der Waals surface area contributed by atoms with Crippen molar-refractivity contribution in [2.24, 2.45) is 0 Å². The van der Waals surface area contributed by atoms with E-state index in [4.69, 9.17) is 0 Å². The molecule has 0 saturated carbocycles. The van der Waals surface area contributed by atoms with E-state index in [-0.39, 0.29) is 17.0 Å². The van der Waals surface area contributed by atoms with Gasteiger partial charge in [0.15, 0.2) is 5.82 Å². The fraction of sp³-hybridized carbons (Fsp3) is 0.0500. The lowest BCUT2D eigenvalue weighted by Gasteiger charge is -2.11. The number of carbonyl (C=O) groups is 2. The first-order valence-electron chi connectivity index (χ1n) is 8.58. The van der Waals surface area contributed by atoms with Crippen LogP contribution in [0, 0.1) is 12.7 Å². The molecular formula is C20H14FN5O2S. The van der Waals surface area contributed by atoms with Gasteiger partial charge in [-0.2, -0.15) is 4.68 Å². The van der Waals surface area contributed by atoms with Gasteiger partial charge in [0.05, 0.1) is 10.4 Å². The molecule has 7 nitrogen and oxygen atoms in total. The van der Waals surface area contributed by atoms with Crippen molar-refractivity contribution in [3.8, 4) is 5.69 Å². The summed E-state index contributed by atoms with van der Waals surface area (Å²) >= 11 is 1.31. The molecule has 29 heavy (non-hydrogen) atoms. The maximum absolute atomic E-state index is 14.2. The molecule has 0 spiro atoms. The maximum Gasteiger partial charge on any atom is 0.256 e. The maximum atomic E-state index is 14.2. The third-order valence-corrected chi connectivity index (χ3v) is 5.09. The normalized spacial score (nSPS) is 10.7. The van der Waals surface area contributed by atoms with Gasteiger partial charge >= 0.3 is 0 Å². The van der Waals surface area contributed by atoms with Crippen LogP contribution in [0.15, 0.2) is 60.0 Å². The van der Waals surface area contributed by atoms with E-state index in [1.54, 1.807) is 48.7 Å². The zero-order valence-electron chi connectivity index (χ0n) is 15.2. The van der Waals surface area contributed by atoms with Crippen LogP contribution in [-0.4, -0.2) is 31.9 Å². The first-order chi connectivity index (χ1) is 14.0. The summed E-state index contributed by atoms with van der Waals surface area (Å²) in [7, 11) is 0. The largest absolute Gasteiger partial charge is 0.322 e. The molecule has 0 radical (unpaired) electrons. The van der Waals surface area contributed by atoms with Crippen LogP contribution in [-0.2, 0) is 0 Å². The Morgan fingerprint density at radius 2 is 1.86 bits per heavy atom. The summed E-state index contributed by atoms with van der Waals surface area (Å²) in [6, 6.07) is 14.1. The van der Waals surface area contributed by atoms with Crippen molar-refractivity contribution in [1.82, 2.24) is 20.2 Å². The number of hydrogen-bond donors (Lipinski definition) is 1. The first kappa shape index (κ1) is 18.6. The molecule has 0 atom stereocenters. The minimum atomic E-state index is -0.535. The van der Waals surface area contributed by atoms with Crippen LogP contribution in [0.4, 0.5) is 10.1 Å². The molecule has 0 aliphatic carbocycles. The topological polar surface area (TPSA) is 89.8 Å². The Morgan fingerprint density at radius 3 is 2.55 bits per heavy atom. The number of halogens is 1. The van der Waals surface area contributed by atoms with Gasteiger partial charge in [0.2, 0.25) is 5.78 Å². The molecule has 4 rings (SSSR count). The van der Waals surface area contributed by atoms with Gasteiger partial charge in [-0.3, -0.25) is 9.59 Å². The Hall–Kier alpha value is -3.72. The number of amides is 1. The van der Waals surface area contributed by atoms with E-state index in [1.165, 1.54) is 34.2 Å². The van der Waals surface area contributed by atoms with E-state index < -0.39 is 11.7 Å². The third-order valence-electron chi connectivity index (χ3n) is 4.22. The van der Waals surface area contributed by atoms with Gasteiger partial charge in [-0.15, -0.1) is 16.4 Å². The average Bonchev–Trinajstić information content (AvgIpc) is 3.41. The van der Waals surface area contributed by atoms with E-state index in [0.29, 0.717) is 22.0 Å². The van der Waals surface area contributed by atoms with Crippen LogP contribution in [0.1, 0.15) is 31.4 Å². The smallest absolute Gasteiger partial charge is 0.256 e. The minimum Gasteiger partial charge on any atom is -0.322 e. The standard InChI is InChI=1S/C20H14FN5O2S/c1-12-23-24-25-26(12)17-11-13(8-9-16(17)21)22-20(28)15-6-3-2-5-14(15)19(27)18-7-4-10-29-18/h2-11H,1H3,(H,22,28). The molecule has 4 aromatic rings. The zero-order chi connectivity index (χ0) is 20.4. The van der Waals surface area contributed by atoms with Crippen molar-refractivity contribution in [3.63, 3.8) is 0 Å². The molecule has 0 bridgehead atoms. The predicted molar refractivity (Wildman–Crippen MR) is 106 cm³/mol. The van der Waals surface area contributed by atoms with Crippen LogP contribution in [0.3, 0.4) is 0 Å². The highest BCUT2D eigenvalue weighted by Crippen LogP contribution is 2.22. The Balaban J connectivity index is 1.65. The van der Waals surface area contributed by atoms with Crippen LogP contribution in [0.2, 0.25) is 0 Å². The number of thiophene rings is 1. The summed E-state index contributed by atoms with van der Waals surface area (Å²) in [6.07, 6.45) is 0. The Morgan fingerprint density at radius 1 is 1.07 bits per heavy atom. The number of benzene rings is 2. The van der Waals surface area contributed by atoms with Gasteiger partial charge in [0.1, 0.15) is 11.5 Å². The van der Waals surface area contributed by atoms with Crippen LogP contribution < -0.4 is 5.32 Å². The van der Waals surface area contributed by atoms with Crippen molar-refractivity contribution in [1.29, 1.82) is 0 Å². The molecule has 1 amide bonds. The van der Waals surface area contributed by atoms with Gasteiger partial charge in [0, 0.05) is 11.3 Å². The minimum absolute atomic E-state index is 0.105. The second-order valence-electron chi connectivity index (χ2n) is 6.11. The molecule has 144 valence electrons. The number of anilines is 1. The van der Waals surface area contributed by atoms with E-state index in [1.807, 2.05) is 0 Å². The van der Waals surface area contributed by atoms with Crippen LogP contribution >= 0.6 is 11.3 Å². The van der Waals surface area contributed by atoms with Gasteiger partial charge in [-0.25, -0.2) is 4.39 Å². The van der Waals surface area contributed by atoms with Gasteiger partial charge in [-0.05, 0) is 53.1 Å². The number of carbonyl (C=O) groups excluding carboxylic acids is 2. The van der Waals surface area contributed by atoms with Crippen LogP contribution in [0.5, 0.6) is 0 Å². The Labute approximate surface area is 168 Å². The molecule has 0 unspecified atom stereocenters. The van der Waals surface area contributed by atoms with Crippen molar-refractivity contribution in [3.05, 3.63) is 87.6 Å². The van der Waals surface area contributed by atoms with Crippen molar-refractivity contribution in [2.45, 2.75) is 6.92 Å². The number of tetrazole rings is 1. The lowest BCUT2D eigenvalue weighted by Crippen LogP contribution is -2.17. The first-order valence-corrected chi connectivity index (χ1v) is 9.46. The summed E-state index contributed by atoms with van der Waals surface area (Å²) in [5.41, 5.74) is 0.981. The summed E-state index contributed by atoms with van der Waals surface area (Å²) in [4.78, 5) is 26.1. The number of hydrogen-bond acceptors (Lipinski definition) is 6. The summed E-state index contributed by atoms with van der Waals surface area (Å²) < 4.78 is 15.5. The number of rotatable bonds is 5. The molecule has 0 aliphatic rings. The average molecular weight is 407 g/mol. The monoisotopic (exact) mass is 407 g/mol. The summed E-state index contributed by atoms with van der Waals surface area (Å²) in [5.74, 6) is -0.836. The Bertz CT molecular complexity index is 1200. The molecule has 0 aliphatic heterocycles. The van der Waals surface area contributed by atoms with Crippen LogP contribution in [0.25, 0.3) is 5.69 Å². The molecule has 1 N–H and O–H groups in total. The van der Waals surface area contributed by atoms with Gasteiger partial charge < -0.3 is 5.32 Å². The molecule has 0 saturated heterocycles. The third kappa shape index (κ3) is 3.67. The summed E-state index contributed by atoms with van der Waals surface area (Å²) in [6.45, 7) is 1.64. The van der Waals surface area contributed by atoms with Crippen molar-refractivity contribution in [2.75, 3.05) is 5.32 Å². The van der Waals surface area contributed by atoms with Gasteiger partial charge in [-0.1, -0.05) is 24.3 Å². The highest BCUT2D eigenvalue weighted by molar-refractivity contribution is 7.12. The van der Waals surface area contributed by atoms with Crippen molar-refractivity contribution < 1.29 is 14.0 Å². The second kappa shape index (κ2) is 7.72. The molecule has 2 heterocycles. The van der Waals surface area contributed by atoms with Gasteiger partial charge in [0.25, 0.3) is 5.91 Å². The molecule has 9 heteroatoms. The quantitative estimate of drug-likeness (QED) is 0.510. The van der Waals surface area contributed by atoms with Crippen molar-refractivity contribution >= 4 is 28.7 Å². The van der Waals surface area contributed by atoms with E-state index >= 15 is 0 Å². The number of ketones is 1. The predicted octanol–water partition coefficient (Wildman–Crippen LogP) is 3.65. The second-order valence-corrected chi connectivity index (χ2v) is 7.06. The number of nitrogens with zero attached hydrogens (tertiary/aromatic N) is 4. The lowest BCUT2D eigenvalue weighted by atomic mass is 10.0. The molecule has 2 aromatic heterocycles. The Kier molecular flexibility index (Phi) is 4.96. The van der Waals surface area contributed by atoms with E-state index in [2.05, 4.69) is 20.8 Å². The fourth-order valence-corrected chi connectivity index (χ4v) is 3.50. The van der Waals surface area contributed by atoms with E-state index in [0.717, 1.165) is 0 Å². The zero-order valence-corrected chi connectivity index (χ0v) is 16.0. The lowest BCUT2D eigenvalue weighted by molar-refractivity contribution is 0.0998. The number of aromatic nitrogens is 4.